The van der Waals surface area contributed by atoms with Gasteiger partial charge in [-0.2, -0.15) is 0 Å². The first-order chi connectivity index (χ1) is 16.7. The number of hydrogen-bond acceptors (Lipinski definition) is 5. The van der Waals surface area contributed by atoms with Gasteiger partial charge in [-0.3, -0.25) is 14.7 Å². The van der Waals surface area contributed by atoms with Gasteiger partial charge in [-0.05, 0) is 42.2 Å². The van der Waals surface area contributed by atoms with E-state index in [1.165, 1.54) is 5.56 Å². The zero-order chi connectivity index (χ0) is 23.2. The van der Waals surface area contributed by atoms with Gasteiger partial charge in [0.05, 0.1) is 11.1 Å². The summed E-state index contributed by atoms with van der Waals surface area (Å²) in [7, 11) is 0. The van der Waals surface area contributed by atoms with Gasteiger partial charge in [0.25, 0.3) is 5.91 Å². The summed E-state index contributed by atoms with van der Waals surface area (Å²) in [6, 6.07) is 24.3. The van der Waals surface area contributed by atoms with Crippen LogP contribution in [0.5, 0.6) is 0 Å². The molecule has 172 valence electrons. The van der Waals surface area contributed by atoms with Crippen LogP contribution in [0, 0.1) is 0 Å². The third-order valence-corrected chi connectivity index (χ3v) is 6.33. The summed E-state index contributed by atoms with van der Waals surface area (Å²) in [5.41, 5.74) is 3.86. The van der Waals surface area contributed by atoms with E-state index in [9.17, 15) is 4.79 Å². The highest BCUT2D eigenvalue weighted by atomic mass is 16.1. The van der Waals surface area contributed by atoms with Crippen molar-refractivity contribution in [2.75, 3.05) is 18.4 Å². The molecule has 3 heterocycles. The fourth-order valence-corrected chi connectivity index (χ4v) is 4.49. The number of para-hydroxylation sites is 1. The van der Waals surface area contributed by atoms with Crippen molar-refractivity contribution in [1.29, 1.82) is 0 Å². The van der Waals surface area contributed by atoms with Gasteiger partial charge >= 0.3 is 0 Å². The molecule has 4 aromatic rings. The predicted octanol–water partition coefficient (Wildman–Crippen LogP) is 4.64. The topological polar surface area (TPSA) is 70.2 Å². The van der Waals surface area contributed by atoms with Crippen molar-refractivity contribution in [1.82, 2.24) is 20.2 Å². The monoisotopic (exact) mass is 451 g/mol. The molecule has 1 fully saturated rings. The molecule has 0 atom stereocenters. The maximum atomic E-state index is 13.3. The lowest BCUT2D eigenvalue weighted by Crippen LogP contribution is -2.44. The Balaban J connectivity index is 1.25. The van der Waals surface area contributed by atoms with Crippen LogP contribution in [-0.2, 0) is 13.1 Å². The summed E-state index contributed by atoms with van der Waals surface area (Å²) in [6.45, 7) is 3.52. The van der Waals surface area contributed by atoms with E-state index in [4.69, 9.17) is 4.98 Å². The number of rotatable bonds is 7. The Hall–Kier alpha value is -3.77. The van der Waals surface area contributed by atoms with E-state index in [2.05, 4.69) is 44.8 Å². The molecule has 0 saturated carbocycles. The Morgan fingerprint density at radius 3 is 2.50 bits per heavy atom. The van der Waals surface area contributed by atoms with Crippen LogP contribution in [0.15, 0.2) is 85.2 Å². The third-order valence-electron chi connectivity index (χ3n) is 6.33. The highest BCUT2D eigenvalue weighted by Gasteiger charge is 2.22. The van der Waals surface area contributed by atoms with E-state index < -0.39 is 0 Å². The smallest absolute Gasteiger partial charge is 0.252 e. The second-order valence-electron chi connectivity index (χ2n) is 8.80. The quantitative estimate of drug-likeness (QED) is 0.429. The number of aromatic nitrogens is 2. The molecule has 2 N–H and O–H groups in total. The molecule has 2 aromatic carbocycles. The van der Waals surface area contributed by atoms with Crippen molar-refractivity contribution in [3.05, 3.63) is 102 Å². The normalized spacial score (nSPS) is 14.7. The zero-order valence-electron chi connectivity index (χ0n) is 19.2. The van der Waals surface area contributed by atoms with Gasteiger partial charge in [-0.25, -0.2) is 4.98 Å². The Morgan fingerprint density at radius 1 is 0.941 bits per heavy atom. The molecule has 0 unspecified atom stereocenters. The van der Waals surface area contributed by atoms with Crippen LogP contribution in [0.3, 0.4) is 0 Å². The number of nitrogens with zero attached hydrogens (tertiary/aromatic N) is 3. The van der Waals surface area contributed by atoms with Crippen LogP contribution in [0.4, 0.5) is 5.82 Å². The zero-order valence-corrected chi connectivity index (χ0v) is 19.2. The van der Waals surface area contributed by atoms with Crippen molar-refractivity contribution in [3.8, 4) is 0 Å². The number of amides is 1. The van der Waals surface area contributed by atoms with Crippen molar-refractivity contribution >= 4 is 22.6 Å². The van der Waals surface area contributed by atoms with Gasteiger partial charge in [0.15, 0.2) is 0 Å². The van der Waals surface area contributed by atoms with Crippen LogP contribution in [-0.4, -0.2) is 39.9 Å². The molecule has 0 radical (unpaired) electrons. The molecular weight excluding hydrogens is 422 g/mol. The molecule has 6 nitrogen and oxygen atoms in total. The minimum atomic E-state index is -0.0375. The number of anilines is 1. The fraction of sp³-hybridized carbons (Fsp3) is 0.250. The molecule has 6 heteroatoms. The summed E-state index contributed by atoms with van der Waals surface area (Å²) in [4.78, 5) is 24.7. The van der Waals surface area contributed by atoms with Gasteiger partial charge in [0.1, 0.15) is 5.82 Å². The Kier molecular flexibility index (Phi) is 6.77. The molecule has 2 aromatic heterocycles. The van der Waals surface area contributed by atoms with Crippen molar-refractivity contribution < 1.29 is 4.79 Å². The van der Waals surface area contributed by atoms with Crippen LogP contribution in [0.25, 0.3) is 10.9 Å². The van der Waals surface area contributed by atoms with E-state index >= 15 is 0 Å². The molecule has 1 aliphatic heterocycles. The molecule has 5 rings (SSSR count). The van der Waals surface area contributed by atoms with Gasteiger partial charge in [-0.15, -0.1) is 0 Å². The maximum absolute atomic E-state index is 13.3. The third kappa shape index (κ3) is 5.41. The van der Waals surface area contributed by atoms with Crippen molar-refractivity contribution in [2.24, 2.45) is 0 Å². The highest BCUT2D eigenvalue weighted by molar-refractivity contribution is 6.07. The van der Waals surface area contributed by atoms with Crippen LogP contribution < -0.4 is 10.6 Å². The van der Waals surface area contributed by atoms with Gasteiger partial charge in [0, 0.05) is 50.0 Å². The molecule has 0 spiro atoms. The first kappa shape index (κ1) is 22.0. The fourth-order valence-electron chi connectivity index (χ4n) is 4.49. The minimum absolute atomic E-state index is 0.0375. The number of hydrogen-bond donors (Lipinski definition) is 2. The molecule has 1 amide bonds. The van der Waals surface area contributed by atoms with E-state index in [1.807, 2.05) is 54.7 Å². The van der Waals surface area contributed by atoms with E-state index in [0.717, 1.165) is 48.9 Å². The second-order valence-corrected chi connectivity index (χ2v) is 8.80. The lowest BCUT2D eigenvalue weighted by molar-refractivity contribution is 0.0910. The lowest BCUT2D eigenvalue weighted by Gasteiger charge is -2.32. The average molecular weight is 452 g/mol. The maximum Gasteiger partial charge on any atom is 0.252 e. The number of carbonyl (C=O) groups is 1. The Morgan fingerprint density at radius 2 is 1.71 bits per heavy atom. The van der Waals surface area contributed by atoms with E-state index in [-0.39, 0.29) is 11.9 Å². The summed E-state index contributed by atoms with van der Waals surface area (Å²) >= 11 is 0. The molecular formula is C28H29N5O. The van der Waals surface area contributed by atoms with Crippen LogP contribution in [0.2, 0.25) is 0 Å². The van der Waals surface area contributed by atoms with E-state index in [1.54, 1.807) is 6.20 Å². The number of fused-ring (bicyclic) bond motifs is 1. The SMILES string of the molecule is O=C(NC1CCN(Cc2ccccc2)CC1)c1cc(NCc2cccnc2)nc2ccccc12. The second kappa shape index (κ2) is 10.4. The number of nitrogens with one attached hydrogen (secondary N) is 2. The van der Waals surface area contributed by atoms with Crippen molar-refractivity contribution in [2.45, 2.75) is 32.0 Å². The van der Waals surface area contributed by atoms with Crippen LogP contribution in [0.1, 0.15) is 34.3 Å². The first-order valence-electron chi connectivity index (χ1n) is 11.8. The Bertz CT molecular complexity index is 1240. The molecule has 0 bridgehead atoms. The number of carbonyl (C=O) groups excluding carboxylic acids is 1. The largest absolute Gasteiger partial charge is 0.366 e. The molecule has 34 heavy (non-hydrogen) atoms. The summed E-state index contributed by atoms with van der Waals surface area (Å²) in [5, 5.41) is 7.49. The van der Waals surface area contributed by atoms with Gasteiger partial charge < -0.3 is 10.6 Å². The number of piperidine rings is 1. The molecule has 1 saturated heterocycles. The number of benzene rings is 2. The first-order valence-corrected chi connectivity index (χ1v) is 11.8. The predicted molar refractivity (Wildman–Crippen MR) is 136 cm³/mol. The number of pyridine rings is 2. The molecule has 1 aliphatic rings. The van der Waals surface area contributed by atoms with Crippen LogP contribution >= 0.6 is 0 Å². The summed E-state index contributed by atoms with van der Waals surface area (Å²) in [5.74, 6) is 0.648. The summed E-state index contributed by atoms with van der Waals surface area (Å²) < 4.78 is 0. The lowest BCUT2D eigenvalue weighted by atomic mass is 10.0. The number of likely N-dealkylation sites (tertiary alicyclic amines) is 1. The van der Waals surface area contributed by atoms with Crippen molar-refractivity contribution in [3.63, 3.8) is 0 Å². The highest BCUT2D eigenvalue weighted by Crippen LogP contribution is 2.22. The Labute approximate surface area is 200 Å². The summed E-state index contributed by atoms with van der Waals surface area (Å²) in [6.07, 6.45) is 5.49. The average Bonchev–Trinajstić information content (AvgIpc) is 2.89. The van der Waals surface area contributed by atoms with E-state index in [0.29, 0.717) is 17.9 Å². The van der Waals surface area contributed by atoms with Gasteiger partial charge in [-0.1, -0.05) is 54.6 Å². The minimum Gasteiger partial charge on any atom is -0.366 e. The van der Waals surface area contributed by atoms with Gasteiger partial charge in [0.2, 0.25) is 0 Å². The standard InChI is InChI=1S/C28H29N5O/c34-28(31-23-12-15-33(16-13-23)20-21-7-2-1-3-8-21)25-17-27(30-19-22-9-6-14-29-18-22)32-26-11-5-4-10-24(25)26/h1-11,14,17-18,23H,12-13,15-16,19-20H2,(H,30,32)(H,31,34). The molecule has 0 aliphatic carbocycles.